The van der Waals surface area contributed by atoms with E-state index in [9.17, 15) is 9.59 Å². The minimum absolute atomic E-state index is 0. The summed E-state index contributed by atoms with van der Waals surface area (Å²) in [7, 11) is 0. The van der Waals surface area contributed by atoms with Crippen molar-refractivity contribution >= 4 is 47.6 Å². The molecule has 2 atom stereocenters. The molecule has 3 aromatic rings. The third-order valence-corrected chi connectivity index (χ3v) is 8.98. The number of piperidine rings is 1. The highest BCUT2D eigenvalue weighted by Crippen LogP contribution is 2.37. The quantitative estimate of drug-likeness (QED) is 0.295. The van der Waals surface area contributed by atoms with Crippen molar-refractivity contribution in [3.05, 3.63) is 106 Å². The first kappa shape index (κ1) is 31.2. The Hall–Kier alpha value is -2.77. The van der Waals surface area contributed by atoms with Gasteiger partial charge in [-0.2, -0.15) is 0 Å². The number of nitrogens with zero attached hydrogens (tertiary/aromatic N) is 2. The Kier molecular flexibility index (Phi) is 10.6. The van der Waals surface area contributed by atoms with Crippen molar-refractivity contribution in [2.45, 2.75) is 50.2 Å². The van der Waals surface area contributed by atoms with Crippen LogP contribution in [0.2, 0.25) is 10.0 Å². The van der Waals surface area contributed by atoms with Gasteiger partial charge in [-0.05, 0) is 48.1 Å². The number of benzene rings is 3. The number of ether oxygens (including phenoxy) is 1. The molecule has 2 fully saturated rings. The van der Waals surface area contributed by atoms with E-state index in [0.717, 1.165) is 55.6 Å². The van der Waals surface area contributed by atoms with Crippen LogP contribution in [-0.4, -0.2) is 54.1 Å². The van der Waals surface area contributed by atoms with E-state index in [2.05, 4.69) is 22.3 Å². The number of rotatable bonds is 8. The monoisotopic (exact) mass is 615 g/mol. The van der Waals surface area contributed by atoms with Crippen LogP contribution in [0.25, 0.3) is 0 Å². The summed E-state index contributed by atoms with van der Waals surface area (Å²) in [6, 6.07) is 25.9. The number of likely N-dealkylation sites (tertiary alicyclic amines) is 1. The number of hydrogen-bond donors (Lipinski definition) is 1. The summed E-state index contributed by atoms with van der Waals surface area (Å²) in [6.07, 6.45) is 2.14. The number of halogens is 3. The Morgan fingerprint density at radius 1 is 0.976 bits per heavy atom. The van der Waals surface area contributed by atoms with Crippen molar-refractivity contribution in [3.63, 3.8) is 0 Å². The molecule has 2 amide bonds. The van der Waals surface area contributed by atoms with E-state index < -0.39 is 0 Å². The third-order valence-electron chi connectivity index (χ3n) is 8.25. The van der Waals surface area contributed by atoms with Crippen LogP contribution in [0.5, 0.6) is 0 Å². The molecular formula is C32H36Cl3N3O3. The minimum atomic E-state index is -0.361. The van der Waals surface area contributed by atoms with Crippen LogP contribution in [0, 0.1) is 0 Å². The molecule has 0 bridgehead atoms. The molecule has 218 valence electrons. The van der Waals surface area contributed by atoms with E-state index in [1.807, 2.05) is 71.6 Å². The highest BCUT2D eigenvalue weighted by Gasteiger charge is 2.40. The number of carbonyl (C=O) groups excluding carboxylic acids is 2. The molecule has 2 aliphatic heterocycles. The highest BCUT2D eigenvalue weighted by molar-refractivity contribution is 6.42. The Bertz CT molecular complexity index is 1320. The molecular weight excluding hydrogens is 581 g/mol. The first-order chi connectivity index (χ1) is 19.3. The van der Waals surface area contributed by atoms with E-state index in [0.29, 0.717) is 23.2 Å². The summed E-state index contributed by atoms with van der Waals surface area (Å²) < 4.78 is 5.69. The van der Waals surface area contributed by atoms with E-state index in [1.54, 1.807) is 6.92 Å². The van der Waals surface area contributed by atoms with Crippen molar-refractivity contribution in [1.82, 2.24) is 15.1 Å². The van der Waals surface area contributed by atoms with Gasteiger partial charge in [-0.3, -0.25) is 4.79 Å². The number of hydrogen-bond acceptors (Lipinski definition) is 4. The van der Waals surface area contributed by atoms with E-state index in [-0.39, 0.29) is 41.9 Å². The van der Waals surface area contributed by atoms with Gasteiger partial charge in [-0.15, -0.1) is 12.4 Å². The van der Waals surface area contributed by atoms with Crippen molar-refractivity contribution < 1.29 is 14.3 Å². The Morgan fingerprint density at radius 2 is 1.63 bits per heavy atom. The van der Waals surface area contributed by atoms with E-state index in [1.165, 1.54) is 0 Å². The molecule has 2 saturated heterocycles. The lowest BCUT2D eigenvalue weighted by Crippen LogP contribution is -2.54. The van der Waals surface area contributed by atoms with Crippen LogP contribution in [0.3, 0.4) is 0 Å². The topological polar surface area (TPSA) is 61.9 Å². The molecule has 5 rings (SSSR count). The molecule has 0 aliphatic carbocycles. The van der Waals surface area contributed by atoms with Gasteiger partial charge in [0, 0.05) is 45.1 Å². The zero-order valence-electron chi connectivity index (χ0n) is 23.1. The molecule has 41 heavy (non-hydrogen) atoms. The summed E-state index contributed by atoms with van der Waals surface area (Å²) in [5, 5.41) is 4.26. The minimum Gasteiger partial charge on any atom is -0.449 e. The molecule has 2 unspecified atom stereocenters. The molecule has 0 saturated carbocycles. The fourth-order valence-corrected chi connectivity index (χ4v) is 6.45. The SMILES string of the molecule is CC(=O)NC1(c2ccccc2)CCN(CCC2C(c3ccc(Cl)c(Cl)c3)COC(=O)N2Cc2ccccc2)CC1.Cl. The molecule has 9 heteroatoms. The number of carbonyl (C=O) groups is 2. The summed E-state index contributed by atoms with van der Waals surface area (Å²) in [6.45, 7) is 4.88. The number of cyclic esters (lactones) is 1. The molecule has 2 aliphatic rings. The molecule has 6 nitrogen and oxygen atoms in total. The maximum Gasteiger partial charge on any atom is 0.410 e. The third kappa shape index (κ3) is 7.36. The summed E-state index contributed by atoms with van der Waals surface area (Å²) in [5.74, 6) is -0.0530. The van der Waals surface area contributed by atoms with Gasteiger partial charge in [-0.1, -0.05) is 89.9 Å². The van der Waals surface area contributed by atoms with Crippen LogP contribution in [0.15, 0.2) is 78.9 Å². The second kappa shape index (κ2) is 13.9. The molecule has 1 N–H and O–H groups in total. The van der Waals surface area contributed by atoms with Gasteiger partial charge in [0.25, 0.3) is 0 Å². The van der Waals surface area contributed by atoms with Crippen LogP contribution in [0.4, 0.5) is 4.79 Å². The predicted octanol–water partition coefficient (Wildman–Crippen LogP) is 7.04. The van der Waals surface area contributed by atoms with Crippen molar-refractivity contribution in [2.75, 3.05) is 26.2 Å². The van der Waals surface area contributed by atoms with Gasteiger partial charge in [0.05, 0.1) is 15.6 Å². The van der Waals surface area contributed by atoms with Gasteiger partial charge in [0.1, 0.15) is 6.61 Å². The Balaban J connectivity index is 0.00000387. The van der Waals surface area contributed by atoms with Crippen LogP contribution < -0.4 is 5.32 Å². The van der Waals surface area contributed by atoms with Gasteiger partial charge in [0.15, 0.2) is 0 Å². The Labute approximate surface area is 258 Å². The first-order valence-corrected chi connectivity index (χ1v) is 14.6. The van der Waals surface area contributed by atoms with Crippen molar-refractivity contribution in [3.8, 4) is 0 Å². The fourth-order valence-electron chi connectivity index (χ4n) is 6.14. The fraction of sp³-hybridized carbons (Fsp3) is 0.375. The van der Waals surface area contributed by atoms with Crippen LogP contribution >= 0.6 is 35.6 Å². The standard InChI is InChI=1S/C32H35Cl2N3O3.ClH/c1-23(38)35-32(26-10-6-3-7-11-26)15-18-36(19-16-32)17-14-30-27(25-12-13-28(33)29(34)20-25)22-40-31(39)37(30)21-24-8-4-2-5-9-24;/h2-13,20,27,30H,14-19,21-22H2,1H3,(H,35,38);1H. The summed E-state index contributed by atoms with van der Waals surface area (Å²) >= 11 is 12.6. The average molecular weight is 617 g/mol. The zero-order chi connectivity index (χ0) is 28.1. The molecule has 2 heterocycles. The maximum atomic E-state index is 13.1. The second-order valence-electron chi connectivity index (χ2n) is 10.8. The average Bonchev–Trinajstić information content (AvgIpc) is 2.96. The zero-order valence-corrected chi connectivity index (χ0v) is 25.4. The lowest BCUT2D eigenvalue weighted by atomic mass is 9.80. The van der Waals surface area contributed by atoms with Crippen molar-refractivity contribution in [2.24, 2.45) is 0 Å². The van der Waals surface area contributed by atoms with Crippen molar-refractivity contribution in [1.29, 1.82) is 0 Å². The Morgan fingerprint density at radius 3 is 2.27 bits per heavy atom. The molecule has 0 aromatic heterocycles. The summed E-state index contributed by atoms with van der Waals surface area (Å²) in [5.41, 5.74) is 2.85. The maximum absolute atomic E-state index is 13.1. The van der Waals surface area contributed by atoms with Crippen LogP contribution in [0.1, 0.15) is 48.8 Å². The number of nitrogens with one attached hydrogen (secondary N) is 1. The second-order valence-corrected chi connectivity index (χ2v) is 11.6. The molecule has 0 radical (unpaired) electrons. The first-order valence-electron chi connectivity index (χ1n) is 13.8. The van der Waals surface area contributed by atoms with Gasteiger partial charge >= 0.3 is 6.09 Å². The van der Waals surface area contributed by atoms with Gasteiger partial charge in [-0.25, -0.2) is 4.79 Å². The highest BCUT2D eigenvalue weighted by atomic mass is 35.5. The van der Waals surface area contributed by atoms with Gasteiger partial charge < -0.3 is 19.9 Å². The van der Waals surface area contributed by atoms with Crippen LogP contribution in [-0.2, 0) is 21.6 Å². The lowest BCUT2D eigenvalue weighted by Gasteiger charge is -2.44. The lowest BCUT2D eigenvalue weighted by molar-refractivity contribution is -0.121. The van der Waals surface area contributed by atoms with E-state index >= 15 is 0 Å². The largest absolute Gasteiger partial charge is 0.449 e. The normalized spacial score (nSPS) is 20.6. The predicted molar refractivity (Wildman–Crippen MR) is 166 cm³/mol. The number of amides is 2. The molecule has 3 aromatic carbocycles. The smallest absolute Gasteiger partial charge is 0.410 e. The van der Waals surface area contributed by atoms with Gasteiger partial charge in [0.2, 0.25) is 5.91 Å². The van der Waals surface area contributed by atoms with E-state index in [4.69, 9.17) is 27.9 Å². The molecule has 0 spiro atoms. The summed E-state index contributed by atoms with van der Waals surface area (Å²) in [4.78, 5) is 29.6.